The highest BCUT2D eigenvalue weighted by atomic mass is 14.9. The van der Waals surface area contributed by atoms with E-state index >= 15 is 0 Å². The Labute approximate surface area is 62.2 Å². The third-order valence-electron chi connectivity index (χ3n) is 3.05. The van der Waals surface area contributed by atoms with Crippen LogP contribution >= 0.6 is 0 Å². The van der Waals surface area contributed by atoms with E-state index in [1.165, 1.54) is 19.3 Å². The van der Waals surface area contributed by atoms with Gasteiger partial charge in [0, 0.05) is 6.04 Å². The van der Waals surface area contributed by atoms with Gasteiger partial charge in [0.25, 0.3) is 0 Å². The Kier molecular flexibility index (Phi) is 1.66. The molecule has 3 N–H and O–H groups in total. The summed E-state index contributed by atoms with van der Waals surface area (Å²) in [6.45, 7) is 2.33. The average molecular weight is 140 g/mol. The quantitative estimate of drug-likeness (QED) is 0.509. The van der Waals surface area contributed by atoms with Gasteiger partial charge >= 0.3 is 0 Å². The number of rotatable bonds is 0. The highest BCUT2D eigenvalue weighted by molar-refractivity contribution is 4.91. The molecular weight excluding hydrogens is 124 g/mol. The first-order chi connectivity index (χ1) is 4.88. The van der Waals surface area contributed by atoms with Crippen molar-refractivity contribution in [3.8, 4) is 0 Å². The third kappa shape index (κ3) is 0.956. The zero-order valence-corrected chi connectivity index (χ0v) is 6.34. The molecule has 2 fully saturated rings. The molecule has 1 saturated heterocycles. The smallest absolute Gasteiger partial charge is 0.0120 e. The number of nitrogens with two attached hydrogens (primary N) is 1. The molecule has 2 bridgehead atoms. The molecule has 0 aromatic heterocycles. The molecule has 1 aliphatic heterocycles. The molecule has 0 aromatic rings. The molecule has 0 aromatic carbocycles. The normalized spacial score (nSPS) is 47.1. The van der Waals surface area contributed by atoms with Crippen molar-refractivity contribution in [1.29, 1.82) is 0 Å². The Balaban J connectivity index is 2.05. The first-order valence-corrected chi connectivity index (χ1v) is 4.34. The maximum atomic E-state index is 6.04. The second-order valence-corrected chi connectivity index (χ2v) is 3.69. The summed E-state index contributed by atoms with van der Waals surface area (Å²) in [4.78, 5) is 0. The van der Waals surface area contributed by atoms with Gasteiger partial charge in [0.15, 0.2) is 0 Å². The van der Waals surface area contributed by atoms with Gasteiger partial charge in [-0.3, -0.25) is 0 Å². The summed E-state index contributed by atoms with van der Waals surface area (Å²) in [5.41, 5.74) is 6.04. The molecule has 2 nitrogen and oxygen atoms in total. The first-order valence-electron chi connectivity index (χ1n) is 4.34. The fraction of sp³-hybridized carbons (Fsp3) is 1.00. The molecule has 1 heterocycles. The number of piperidine rings is 1. The van der Waals surface area contributed by atoms with Gasteiger partial charge in [-0.15, -0.1) is 0 Å². The SMILES string of the molecule is NC1C2CCCC1CNC2. The Morgan fingerprint density at radius 1 is 1.10 bits per heavy atom. The van der Waals surface area contributed by atoms with E-state index in [-0.39, 0.29) is 0 Å². The average Bonchev–Trinajstić information content (AvgIpc) is 1.86. The Morgan fingerprint density at radius 2 is 1.70 bits per heavy atom. The molecule has 2 unspecified atom stereocenters. The molecule has 10 heavy (non-hydrogen) atoms. The summed E-state index contributed by atoms with van der Waals surface area (Å²) >= 11 is 0. The summed E-state index contributed by atoms with van der Waals surface area (Å²) in [6.07, 6.45) is 4.11. The fourth-order valence-corrected chi connectivity index (χ4v) is 2.34. The van der Waals surface area contributed by atoms with Crippen molar-refractivity contribution in [2.75, 3.05) is 13.1 Å². The van der Waals surface area contributed by atoms with Crippen molar-refractivity contribution in [2.24, 2.45) is 17.6 Å². The second-order valence-electron chi connectivity index (χ2n) is 3.69. The minimum Gasteiger partial charge on any atom is -0.327 e. The monoisotopic (exact) mass is 140 g/mol. The minimum absolute atomic E-state index is 0.509. The molecule has 2 aliphatic rings. The lowest BCUT2D eigenvalue weighted by Crippen LogP contribution is -2.53. The summed E-state index contributed by atoms with van der Waals surface area (Å²) in [7, 11) is 0. The molecule has 1 saturated carbocycles. The molecule has 0 radical (unpaired) electrons. The van der Waals surface area contributed by atoms with E-state index in [2.05, 4.69) is 5.32 Å². The van der Waals surface area contributed by atoms with Crippen LogP contribution in [0.2, 0.25) is 0 Å². The molecule has 0 spiro atoms. The largest absolute Gasteiger partial charge is 0.327 e. The van der Waals surface area contributed by atoms with Crippen LogP contribution in [0.5, 0.6) is 0 Å². The van der Waals surface area contributed by atoms with Crippen molar-refractivity contribution in [3.63, 3.8) is 0 Å². The van der Waals surface area contributed by atoms with Crippen molar-refractivity contribution < 1.29 is 0 Å². The van der Waals surface area contributed by atoms with Crippen LogP contribution in [0.25, 0.3) is 0 Å². The van der Waals surface area contributed by atoms with Crippen LogP contribution in [0.4, 0.5) is 0 Å². The molecule has 0 amide bonds. The maximum Gasteiger partial charge on any atom is 0.0120 e. The number of hydrogen-bond acceptors (Lipinski definition) is 2. The third-order valence-corrected chi connectivity index (χ3v) is 3.05. The van der Waals surface area contributed by atoms with Gasteiger partial charge in [0.1, 0.15) is 0 Å². The van der Waals surface area contributed by atoms with Crippen LogP contribution in [0, 0.1) is 11.8 Å². The van der Waals surface area contributed by atoms with E-state index in [1.807, 2.05) is 0 Å². The molecular formula is C8H16N2. The predicted molar refractivity (Wildman–Crippen MR) is 41.7 cm³/mol. The van der Waals surface area contributed by atoms with Crippen molar-refractivity contribution >= 4 is 0 Å². The molecule has 2 rings (SSSR count). The zero-order chi connectivity index (χ0) is 6.97. The lowest BCUT2D eigenvalue weighted by molar-refractivity contribution is 0.169. The van der Waals surface area contributed by atoms with E-state index < -0.39 is 0 Å². The van der Waals surface area contributed by atoms with Crippen LogP contribution in [0.15, 0.2) is 0 Å². The first kappa shape index (κ1) is 6.62. The predicted octanol–water partition coefficient (Wildman–Crippen LogP) is 0.333. The Hall–Kier alpha value is -0.0800. The van der Waals surface area contributed by atoms with Crippen LogP contribution in [-0.4, -0.2) is 19.1 Å². The van der Waals surface area contributed by atoms with Gasteiger partial charge in [-0.1, -0.05) is 6.42 Å². The van der Waals surface area contributed by atoms with Gasteiger partial charge < -0.3 is 11.1 Å². The molecule has 58 valence electrons. The standard InChI is InChI=1S/C8H16N2/c9-8-6-2-1-3-7(8)5-10-4-6/h6-8,10H,1-5,9H2. The van der Waals surface area contributed by atoms with E-state index in [9.17, 15) is 0 Å². The van der Waals surface area contributed by atoms with Crippen LogP contribution < -0.4 is 11.1 Å². The maximum absolute atomic E-state index is 6.04. The van der Waals surface area contributed by atoms with Crippen LogP contribution in [0.3, 0.4) is 0 Å². The lowest BCUT2D eigenvalue weighted by atomic mass is 9.75. The van der Waals surface area contributed by atoms with Gasteiger partial charge in [0.2, 0.25) is 0 Å². The Morgan fingerprint density at radius 3 is 2.20 bits per heavy atom. The van der Waals surface area contributed by atoms with Crippen LogP contribution in [0.1, 0.15) is 19.3 Å². The second kappa shape index (κ2) is 2.51. The Bertz CT molecular complexity index is 102. The molecule has 2 atom stereocenters. The van der Waals surface area contributed by atoms with Gasteiger partial charge in [-0.25, -0.2) is 0 Å². The summed E-state index contributed by atoms with van der Waals surface area (Å²) in [6, 6.07) is 0.509. The van der Waals surface area contributed by atoms with E-state index in [0.717, 1.165) is 24.9 Å². The minimum atomic E-state index is 0.509. The van der Waals surface area contributed by atoms with E-state index in [4.69, 9.17) is 5.73 Å². The van der Waals surface area contributed by atoms with Crippen molar-refractivity contribution in [3.05, 3.63) is 0 Å². The lowest BCUT2D eigenvalue weighted by Gasteiger charge is -2.40. The zero-order valence-electron chi connectivity index (χ0n) is 6.34. The van der Waals surface area contributed by atoms with E-state index in [0.29, 0.717) is 6.04 Å². The number of hydrogen-bond donors (Lipinski definition) is 2. The highest BCUT2D eigenvalue weighted by Gasteiger charge is 2.33. The topological polar surface area (TPSA) is 38.0 Å². The fourth-order valence-electron chi connectivity index (χ4n) is 2.34. The summed E-state index contributed by atoms with van der Waals surface area (Å²) < 4.78 is 0. The number of fused-ring (bicyclic) bond motifs is 2. The summed E-state index contributed by atoms with van der Waals surface area (Å²) in [5, 5.41) is 3.44. The number of nitrogens with one attached hydrogen (secondary N) is 1. The molecule has 2 heteroatoms. The van der Waals surface area contributed by atoms with E-state index in [1.54, 1.807) is 0 Å². The summed E-state index contributed by atoms with van der Waals surface area (Å²) in [5.74, 6) is 1.57. The van der Waals surface area contributed by atoms with Crippen molar-refractivity contribution in [2.45, 2.75) is 25.3 Å². The molecule has 1 aliphatic carbocycles. The van der Waals surface area contributed by atoms with Gasteiger partial charge in [-0.05, 0) is 37.8 Å². The van der Waals surface area contributed by atoms with Crippen molar-refractivity contribution in [1.82, 2.24) is 5.32 Å². The highest BCUT2D eigenvalue weighted by Crippen LogP contribution is 2.29. The van der Waals surface area contributed by atoms with Gasteiger partial charge in [0.05, 0.1) is 0 Å². The van der Waals surface area contributed by atoms with Crippen LogP contribution in [-0.2, 0) is 0 Å². The van der Waals surface area contributed by atoms with Gasteiger partial charge in [-0.2, -0.15) is 0 Å².